The van der Waals surface area contributed by atoms with E-state index >= 15 is 0 Å². The molecule has 0 fully saturated rings. The van der Waals surface area contributed by atoms with Crippen molar-refractivity contribution < 1.29 is 9.59 Å². The van der Waals surface area contributed by atoms with Crippen molar-refractivity contribution in [3.63, 3.8) is 0 Å². The van der Waals surface area contributed by atoms with Gasteiger partial charge in [-0.2, -0.15) is 0 Å². The summed E-state index contributed by atoms with van der Waals surface area (Å²) in [5.41, 5.74) is 4.82. The summed E-state index contributed by atoms with van der Waals surface area (Å²) in [6.07, 6.45) is 2.74. The topological polar surface area (TPSA) is 72.2 Å². The largest absolute Gasteiger partial charge is 0.370 e. The lowest BCUT2D eigenvalue weighted by atomic mass is 9.78. The molecule has 1 atom stereocenters. The second kappa shape index (κ2) is 13.4. The second-order valence-electron chi connectivity index (χ2n) is 5.20. The molecule has 0 aliphatic carbocycles. The van der Waals surface area contributed by atoms with Gasteiger partial charge in [-0.25, -0.2) is 0 Å². The molecule has 3 N–H and O–H groups in total. The first-order chi connectivity index (χ1) is 8.70. The summed E-state index contributed by atoms with van der Waals surface area (Å²) in [7, 11) is 1.56. The van der Waals surface area contributed by atoms with Gasteiger partial charge >= 0.3 is 0 Å². The molecule has 4 nitrogen and oxygen atoms in total. The van der Waals surface area contributed by atoms with E-state index in [2.05, 4.69) is 19.2 Å². The third-order valence-electron chi connectivity index (χ3n) is 2.51. The van der Waals surface area contributed by atoms with E-state index in [1.807, 2.05) is 34.6 Å². The van der Waals surface area contributed by atoms with Crippen LogP contribution in [0.1, 0.15) is 67.7 Å². The first-order valence-corrected chi connectivity index (χ1v) is 7.20. The minimum absolute atomic E-state index is 0.100. The zero-order valence-electron chi connectivity index (χ0n) is 14.1. The predicted octanol–water partition coefficient (Wildman–Crippen LogP) is 3.10. The third kappa shape index (κ3) is 14.9. The summed E-state index contributed by atoms with van der Waals surface area (Å²) in [6.45, 7) is 14.1. The van der Waals surface area contributed by atoms with Crippen molar-refractivity contribution >= 4 is 11.8 Å². The van der Waals surface area contributed by atoms with E-state index in [4.69, 9.17) is 5.73 Å². The average molecular weight is 274 g/mol. The van der Waals surface area contributed by atoms with Crippen molar-refractivity contribution in [3.05, 3.63) is 0 Å². The quantitative estimate of drug-likeness (QED) is 0.826. The monoisotopic (exact) mass is 274 g/mol. The Labute approximate surface area is 119 Å². The molecule has 0 rings (SSSR count). The number of hydrogen-bond acceptors (Lipinski definition) is 2. The summed E-state index contributed by atoms with van der Waals surface area (Å²) in [5, 5.41) is 2.53. The predicted molar refractivity (Wildman–Crippen MR) is 82.8 cm³/mol. The van der Waals surface area contributed by atoms with Crippen LogP contribution in [0.2, 0.25) is 0 Å². The zero-order chi connectivity index (χ0) is 16.1. The van der Waals surface area contributed by atoms with Crippen molar-refractivity contribution in [2.75, 3.05) is 7.05 Å². The van der Waals surface area contributed by atoms with Crippen LogP contribution in [0.3, 0.4) is 0 Å². The minimum Gasteiger partial charge on any atom is -0.370 e. The van der Waals surface area contributed by atoms with E-state index in [0.717, 1.165) is 0 Å². The van der Waals surface area contributed by atoms with Gasteiger partial charge in [0.15, 0.2) is 0 Å². The van der Waals surface area contributed by atoms with Gasteiger partial charge in [0.25, 0.3) is 0 Å². The van der Waals surface area contributed by atoms with Gasteiger partial charge in [-0.1, -0.05) is 61.3 Å². The van der Waals surface area contributed by atoms with Crippen molar-refractivity contribution in [2.24, 2.45) is 17.1 Å². The lowest BCUT2D eigenvalue weighted by molar-refractivity contribution is -0.132. The van der Waals surface area contributed by atoms with Gasteiger partial charge in [0, 0.05) is 13.5 Å². The van der Waals surface area contributed by atoms with Crippen molar-refractivity contribution in [2.45, 2.75) is 67.7 Å². The summed E-state index contributed by atoms with van der Waals surface area (Å²) in [4.78, 5) is 22.1. The minimum atomic E-state index is -0.441. The number of rotatable bonds is 4. The van der Waals surface area contributed by atoms with Gasteiger partial charge in [-0.15, -0.1) is 0 Å². The molecule has 0 aliphatic rings. The van der Waals surface area contributed by atoms with Crippen molar-refractivity contribution in [1.29, 1.82) is 0 Å². The van der Waals surface area contributed by atoms with Crippen LogP contribution in [0.25, 0.3) is 0 Å². The summed E-state index contributed by atoms with van der Waals surface area (Å²) in [5.74, 6) is -0.926. The number of carbonyl (C=O) groups is 2. The molecule has 2 amide bonds. The maximum Gasteiger partial charge on any atom is 0.223 e. The molecular weight excluding hydrogens is 240 g/mol. The molecule has 0 heterocycles. The van der Waals surface area contributed by atoms with Crippen molar-refractivity contribution in [3.8, 4) is 0 Å². The summed E-state index contributed by atoms with van der Waals surface area (Å²) in [6, 6.07) is 0. The van der Waals surface area contributed by atoms with Gasteiger partial charge < -0.3 is 11.1 Å². The fourth-order valence-electron chi connectivity index (χ4n) is 1.17. The fraction of sp³-hybridized carbons (Fsp3) is 0.867. The smallest absolute Gasteiger partial charge is 0.223 e. The molecule has 19 heavy (non-hydrogen) atoms. The highest BCUT2D eigenvalue weighted by molar-refractivity contribution is 5.85. The van der Waals surface area contributed by atoms with E-state index in [-0.39, 0.29) is 23.7 Å². The SMILES string of the molecule is CC.CCCC.CNC(=O)C(CC(N)=O)C(C)(C)C. The number of carbonyl (C=O) groups excluding carboxylic acids is 2. The molecule has 0 aromatic rings. The van der Waals surface area contributed by atoms with Crippen LogP contribution in [0.4, 0.5) is 0 Å². The fourth-order valence-corrected chi connectivity index (χ4v) is 1.17. The Morgan fingerprint density at radius 2 is 1.47 bits per heavy atom. The summed E-state index contributed by atoms with van der Waals surface area (Å²) >= 11 is 0. The molecule has 116 valence electrons. The van der Waals surface area contributed by atoms with Gasteiger partial charge in [-0.3, -0.25) is 9.59 Å². The van der Waals surface area contributed by atoms with Crippen LogP contribution in [0, 0.1) is 11.3 Å². The molecule has 0 radical (unpaired) electrons. The number of primary amides is 1. The second-order valence-corrected chi connectivity index (χ2v) is 5.20. The molecule has 1 unspecified atom stereocenters. The Kier molecular flexibility index (Phi) is 16.2. The zero-order valence-corrected chi connectivity index (χ0v) is 14.1. The molecule has 0 aromatic carbocycles. The molecular formula is C15H34N2O2. The normalized spacial score (nSPS) is 11.2. The van der Waals surface area contributed by atoms with Crippen molar-refractivity contribution in [1.82, 2.24) is 5.32 Å². The van der Waals surface area contributed by atoms with Crippen LogP contribution >= 0.6 is 0 Å². The Morgan fingerprint density at radius 1 is 1.11 bits per heavy atom. The lowest BCUT2D eigenvalue weighted by Gasteiger charge is -2.27. The molecule has 0 saturated carbocycles. The van der Waals surface area contributed by atoms with Gasteiger partial charge in [0.05, 0.1) is 5.92 Å². The molecule has 0 aliphatic heterocycles. The first-order valence-electron chi connectivity index (χ1n) is 7.20. The Balaban J connectivity index is -0.000000361. The Hall–Kier alpha value is -1.06. The van der Waals surface area contributed by atoms with Crippen LogP contribution in [-0.2, 0) is 9.59 Å². The molecule has 4 heteroatoms. The maximum atomic E-state index is 11.4. The average Bonchev–Trinajstić information content (AvgIpc) is 2.36. The highest BCUT2D eigenvalue weighted by atomic mass is 16.2. The Bertz CT molecular complexity index is 231. The summed E-state index contributed by atoms with van der Waals surface area (Å²) < 4.78 is 0. The molecule has 0 aromatic heterocycles. The molecule has 0 spiro atoms. The van der Waals surface area contributed by atoms with Crippen LogP contribution in [0.15, 0.2) is 0 Å². The van der Waals surface area contributed by atoms with E-state index in [1.54, 1.807) is 7.05 Å². The number of nitrogens with one attached hydrogen (secondary N) is 1. The van der Waals surface area contributed by atoms with Crippen LogP contribution in [0.5, 0.6) is 0 Å². The number of nitrogens with two attached hydrogens (primary N) is 1. The van der Waals surface area contributed by atoms with Crippen LogP contribution in [-0.4, -0.2) is 18.9 Å². The third-order valence-corrected chi connectivity index (χ3v) is 2.51. The number of hydrogen-bond donors (Lipinski definition) is 2. The molecule has 0 saturated heterocycles. The van der Waals surface area contributed by atoms with E-state index < -0.39 is 5.91 Å². The molecule has 0 bridgehead atoms. The van der Waals surface area contributed by atoms with Gasteiger partial charge in [0.1, 0.15) is 0 Å². The standard InChI is InChI=1S/C9H18N2O2.C4H10.C2H6/c1-9(2,3)6(5-7(10)12)8(13)11-4;1-3-4-2;1-2/h6H,5H2,1-4H3,(H2,10,12)(H,11,13);3-4H2,1-2H3;1-2H3. The number of unbranched alkanes of at least 4 members (excludes halogenated alkanes) is 1. The number of amides is 2. The Morgan fingerprint density at radius 3 is 1.63 bits per heavy atom. The maximum absolute atomic E-state index is 11.4. The van der Waals surface area contributed by atoms with E-state index in [0.29, 0.717) is 0 Å². The van der Waals surface area contributed by atoms with Gasteiger partial charge in [-0.05, 0) is 5.41 Å². The van der Waals surface area contributed by atoms with Crippen LogP contribution < -0.4 is 11.1 Å². The van der Waals surface area contributed by atoms with E-state index in [1.165, 1.54) is 12.8 Å². The highest BCUT2D eigenvalue weighted by Gasteiger charge is 2.31. The highest BCUT2D eigenvalue weighted by Crippen LogP contribution is 2.28. The van der Waals surface area contributed by atoms with E-state index in [9.17, 15) is 9.59 Å². The first kappa shape index (κ1) is 23.1. The lowest BCUT2D eigenvalue weighted by Crippen LogP contribution is -2.38. The van der Waals surface area contributed by atoms with Gasteiger partial charge in [0.2, 0.25) is 11.8 Å².